The van der Waals surface area contributed by atoms with Crippen LogP contribution in [0.4, 0.5) is 0 Å². The highest BCUT2D eigenvalue weighted by Gasteiger charge is 2.22. The summed E-state index contributed by atoms with van der Waals surface area (Å²) in [6, 6.07) is 0. The monoisotopic (exact) mass is 202 g/mol. The first kappa shape index (κ1) is 16.4. The van der Waals surface area contributed by atoms with Crippen molar-refractivity contribution >= 4 is 0 Å². The molecule has 0 amide bonds. The van der Waals surface area contributed by atoms with Gasteiger partial charge in [0.05, 0.1) is 0 Å². The fourth-order valence-corrected chi connectivity index (χ4v) is 1.32. The van der Waals surface area contributed by atoms with Gasteiger partial charge in [0.15, 0.2) is 0 Å². The van der Waals surface area contributed by atoms with Gasteiger partial charge in [-0.25, -0.2) is 0 Å². The van der Waals surface area contributed by atoms with Crippen molar-refractivity contribution in [2.24, 2.45) is 11.8 Å². The third kappa shape index (κ3) is 7.34. The number of nitrogens with one attached hydrogen (secondary N) is 2. The van der Waals surface area contributed by atoms with E-state index in [0.29, 0.717) is 0 Å². The molecule has 0 aromatic carbocycles. The predicted octanol–water partition coefficient (Wildman–Crippen LogP) is 2.50. The van der Waals surface area contributed by atoms with Crippen LogP contribution in [-0.2, 0) is 0 Å². The molecule has 88 valence electrons. The normalized spacial score (nSPS) is 16.7. The van der Waals surface area contributed by atoms with Gasteiger partial charge >= 0.3 is 0 Å². The minimum absolute atomic E-state index is 0.897. The van der Waals surface area contributed by atoms with E-state index in [0.717, 1.165) is 18.4 Å². The molecule has 1 rings (SSSR count). The number of hydrogen-bond acceptors (Lipinski definition) is 2. The molecule has 1 aliphatic heterocycles. The number of rotatable bonds is 4. The second-order valence-electron chi connectivity index (χ2n) is 3.29. The van der Waals surface area contributed by atoms with Crippen LogP contribution in [-0.4, -0.2) is 26.7 Å². The zero-order valence-corrected chi connectivity index (χ0v) is 11.0. The zero-order valence-electron chi connectivity index (χ0n) is 11.0. The van der Waals surface area contributed by atoms with E-state index in [-0.39, 0.29) is 0 Å². The van der Waals surface area contributed by atoms with E-state index in [1.165, 1.54) is 19.5 Å². The maximum absolute atomic E-state index is 3.30. The van der Waals surface area contributed by atoms with Gasteiger partial charge in [-0.15, -0.1) is 0 Å². The Morgan fingerprint density at radius 2 is 1.71 bits per heavy atom. The molecule has 0 aliphatic carbocycles. The molecule has 1 unspecified atom stereocenters. The van der Waals surface area contributed by atoms with Crippen LogP contribution in [0.25, 0.3) is 0 Å². The summed E-state index contributed by atoms with van der Waals surface area (Å²) in [5, 5.41) is 6.48. The van der Waals surface area contributed by atoms with E-state index in [9.17, 15) is 0 Å². The smallest absolute Gasteiger partial charge is 0.000569 e. The average molecular weight is 202 g/mol. The van der Waals surface area contributed by atoms with Gasteiger partial charge in [0.1, 0.15) is 0 Å². The molecule has 2 nitrogen and oxygen atoms in total. The van der Waals surface area contributed by atoms with Crippen molar-refractivity contribution in [1.82, 2.24) is 10.6 Å². The van der Waals surface area contributed by atoms with Crippen molar-refractivity contribution in [2.75, 3.05) is 26.7 Å². The van der Waals surface area contributed by atoms with Crippen LogP contribution in [0.15, 0.2) is 0 Å². The predicted molar refractivity (Wildman–Crippen MR) is 66.8 cm³/mol. The molecule has 1 saturated heterocycles. The molecule has 0 spiro atoms. The Balaban J connectivity index is 0. The summed E-state index contributed by atoms with van der Waals surface area (Å²) in [6.07, 6.45) is 1.32. The molecule has 0 saturated carbocycles. The van der Waals surface area contributed by atoms with E-state index >= 15 is 0 Å². The minimum atomic E-state index is 0.897. The Labute approximate surface area is 90.9 Å². The molecule has 0 aromatic heterocycles. The molecule has 0 bridgehead atoms. The average Bonchev–Trinajstić information content (AvgIpc) is 2.18. The van der Waals surface area contributed by atoms with Crippen molar-refractivity contribution in [3.8, 4) is 0 Å². The Bertz CT molecular complexity index is 90.3. The van der Waals surface area contributed by atoms with Crippen molar-refractivity contribution < 1.29 is 0 Å². The fraction of sp³-hybridized carbons (Fsp3) is 1.00. The highest BCUT2D eigenvalue weighted by molar-refractivity contribution is 4.79. The standard InChI is InChI=1S/C8H18N2.2C2H6/c1-7(3-4-9-2)8-5-10-6-8;2*1-2/h7-10H,3-6H2,1-2H3;2*1-2H3. The largest absolute Gasteiger partial charge is 0.320 e. The zero-order chi connectivity index (χ0) is 11.4. The SMILES string of the molecule is CC.CC.CNCCC(C)C1CNC1. The van der Waals surface area contributed by atoms with Crippen molar-refractivity contribution in [3.05, 3.63) is 0 Å². The van der Waals surface area contributed by atoms with Crippen LogP contribution in [0.3, 0.4) is 0 Å². The Morgan fingerprint density at radius 3 is 2.00 bits per heavy atom. The maximum Gasteiger partial charge on any atom is -0.000569 e. The van der Waals surface area contributed by atoms with Gasteiger partial charge in [0, 0.05) is 0 Å². The molecular formula is C12H30N2. The van der Waals surface area contributed by atoms with Gasteiger partial charge in [0.25, 0.3) is 0 Å². The molecule has 2 N–H and O–H groups in total. The summed E-state index contributed by atoms with van der Waals surface area (Å²) < 4.78 is 0. The van der Waals surface area contributed by atoms with Gasteiger partial charge in [-0.1, -0.05) is 34.6 Å². The van der Waals surface area contributed by atoms with Crippen LogP contribution >= 0.6 is 0 Å². The third-order valence-corrected chi connectivity index (χ3v) is 2.47. The van der Waals surface area contributed by atoms with E-state index in [1.54, 1.807) is 0 Å². The Morgan fingerprint density at radius 1 is 1.21 bits per heavy atom. The first-order chi connectivity index (χ1) is 6.84. The molecule has 0 radical (unpaired) electrons. The summed E-state index contributed by atoms with van der Waals surface area (Å²) in [7, 11) is 2.02. The second-order valence-corrected chi connectivity index (χ2v) is 3.29. The van der Waals surface area contributed by atoms with Gasteiger partial charge in [-0.2, -0.15) is 0 Å². The Hall–Kier alpha value is -0.0800. The lowest BCUT2D eigenvalue weighted by molar-refractivity contribution is 0.238. The summed E-state index contributed by atoms with van der Waals surface area (Å²) in [4.78, 5) is 0. The van der Waals surface area contributed by atoms with Crippen LogP contribution in [0.5, 0.6) is 0 Å². The minimum Gasteiger partial charge on any atom is -0.320 e. The molecule has 1 aliphatic rings. The van der Waals surface area contributed by atoms with Crippen molar-refractivity contribution in [2.45, 2.75) is 41.0 Å². The Kier molecular flexibility index (Phi) is 15.1. The van der Waals surface area contributed by atoms with Gasteiger partial charge in [0.2, 0.25) is 0 Å². The molecule has 2 heteroatoms. The molecule has 1 heterocycles. The van der Waals surface area contributed by atoms with E-state index in [2.05, 4.69) is 17.6 Å². The molecular weight excluding hydrogens is 172 g/mol. The van der Waals surface area contributed by atoms with Crippen LogP contribution in [0.2, 0.25) is 0 Å². The number of hydrogen-bond donors (Lipinski definition) is 2. The van der Waals surface area contributed by atoms with E-state index in [4.69, 9.17) is 0 Å². The lowest BCUT2D eigenvalue weighted by atomic mass is 9.87. The summed E-state index contributed by atoms with van der Waals surface area (Å²) >= 11 is 0. The van der Waals surface area contributed by atoms with Gasteiger partial charge in [-0.05, 0) is 44.9 Å². The quantitative estimate of drug-likeness (QED) is 0.732. The second kappa shape index (κ2) is 12.9. The van der Waals surface area contributed by atoms with Crippen molar-refractivity contribution in [1.29, 1.82) is 0 Å². The highest BCUT2D eigenvalue weighted by Crippen LogP contribution is 2.18. The first-order valence-corrected chi connectivity index (χ1v) is 6.20. The molecule has 1 atom stereocenters. The van der Waals surface area contributed by atoms with Crippen molar-refractivity contribution in [3.63, 3.8) is 0 Å². The maximum atomic E-state index is 3.30. The molecule has 0 aromatic rings. The summed E-state index contributed by atoms with van der Waals surface area (Å²) in [5.74, 6) is 1.85. The van der Waals surface area contributed by atoms with Crippen LogP contribution < -0.4 is 10.6 Å². The third-order valence-electron chi connectivity index (χ3n) is 2.47. The van der Waals surface area contributed by atoms with Gasteiger partial charge < -0.3 is 10.6 Å². The molecule has 14 heavy (non-hydrogen) atoms. The topological polar surface area (TPSA) is 24.1 Å². The first-order valence-electron chi connectivity index (χ1n) is 6.20. The summed E-state index contributed by atoms with van der Waals surface area (Å²) in [5.41, 5.74) is 0. The lowest BCUT2D eigenvalue weighted by Gasteiger charge is -2.32. The lowest BCUT2D eigenvalue weighted by Crippen LogP contribution is -2.45. The summed E-state index contributed by atoms with van der Waals surface area (Å²) in [6.45, 7) is 14.0. The van der Waals surface area contributed by atoms with Gasteiger partial charge in [-0.3, -0.25) is 0 Å². The van der Waals surface area contributed by atoms with Crippen LogP contribution in [0, 0.1) is 11.8 Å². The van der Waals surface area contributed by atoms with E-state index < -0.39 is 0 Å². The van der Waals surface area contributed by atoms with Crippen LogP contribution in [0.1, 0.15) is 41.0 Å². The van der Waals surface area contributed by atoms with E-state index in [1.807, 2.05) is 34.7 Å². The highest BCUT2D eigenvalue weighted by atomic mass is 15.0. The fourth-order valence-electron chi connectivity index (χ4n) is 1.32. The molecule has 1 fully saturated rings.